The Balaban J connectivity index is 0.00000272. The number of hydrogen-bond acceptors (Lipinski definition) is 2. The summed E-state index contributed by atoms with van der Waals surface area (Å²) >= 11 is 0. The van der Waals surface area contributed by atoms with Gasteiger partial charge in [0.05, 0.1) is 18.2 Å². The highest BCUT2D eigenvalue weighted by molar-refractivity contribution is 5.94. The minimum atomic E-state index is -0.235. The van der Waals surface area contributed by atoms with Gasteiger partial charge in [0.2, 0.25) is 0 Å². The van der Waals surface area contributed by atoms with Gasteiger partial charge in [-0.05, 0) is 42.3 Å². The molecule has 0 aliphatic rings. The molecule has 0 unspecified atom stereocenters. The number of halogens is 2. The third-order valence-corrected chi connectivity index (χ3v) is 5.12. The number of aromatic amines is 1. The number of amides is 1. The number of fused-ring (bicyclic) bond motifs is 1. The summed E-state index contributed by atoms with van der Waals surface area (Å²) in [4.78, 5) is 15.7. The molecule has 5 nitrogen and oxygen atoms in total. The van der Waals surface area contributed by atoms with Gasteiger partial charge in [0.25, 0.3) is 5.91 Å². The number of hydrogen-bond donors (Lipinski definition) is 2. The molecule has 0 atom stereocenters. The first-order valence-electron chi connectivity index (χ1n) is 9.79. The first kappa shape index (κ1) is 22.5. The van der Waals surface area contributed by atoms with Crippen LogP contribution in [-0.2, 0) is 13.0 Å². The van der Waals surface area contributed by atoms with Crippen molar-refractivity contribution in [3.8, 4) is 5.75 Å². The number of carbonyl (C=O) groups excluding carboxylic acids is 1. The number of nitrogens with one attached hydrogen (secondary N) is 2. The zero-order chi connectivity index (χ0) is 20.9. The first-order chi connectivity index (χ1) is 14.6. The average Bonchev–Trinajstić information content (AvgIpc) is 3.18. The molecule has 0 fully saturated rings. The second-order valence-corrected chi connectivity index (χ2v) is 7.08. The number of nitrogens with zero attached hydrogens (tertiary/aromatic N) is 1. The predicted molar refractivity (Wildman–Crippen MR) is 113 cm³/mol. The summed E-state index contributed by atoms with van der Waals surface area (Å²) < 4.78 is 20.9. The van der Waals surface area contributed by atoms with Gasteiger partial charge in [0.15, 0.2) is 18.9 Å². The van der Waals surface area contributed by atoms with E-state index in [1.165, 1.54) is 6.07 Å². The lowest BCUT2D eigenvalue weighted by Gasteiger charge is -2.05. The van der Waals surface area contributed by atoms with Crippen LogP contribution in [0.3, 0.4) is 0 Å². The molecule has 0 radical (unpaired) electrons. The molecule has 2 aromatic heterocycles. The molecular formula is C24H23BrFN3O2. The molecule has 2 N–H and O–H groups in total. The number of pyridine rings is 1. The monoisotopic (exact) mass is 483 g/mol. The van der Waals surface area contributed by atoms with Crippen molar-refractivity contribution in [1.82, 2.24) is 10.3 Å². The molecule has 1 amide bonds. The molecule has 0 spiro atoms. The van der Waals surface area contributed by atoms with E-state index >= 15 is 0 Å². The van der Waals surface area contributed by atoms with Crippen LogP contribution < -0.4 is 31.6 Å². The molecule has 2 heterocycles. The second kappa shape index (κ2) is 10.2. The SMILES string of the molecule is COc1ccc2[nH]cc(CCNC(=O)c3cc[n+](Cc4ccccc4F)cc3)c2c1.[Br-]. The van der Waals surface area contributed by atoms with E-state index < -0.39 is 0 Å². The van der Waals surface area contributed by atoms with Crippen LogP contribution in [0.25, 0.3) is 10.9 Å². The van der Waals surface area contributed by atoms with Gasteiger partial charge in [-0.15, -0.1) is 0 Å². The molecule has 4 rings (SSSR count). The third-order valence-electron chi connectivity index (χ3n) is 5.12. The molecule has 4 aromatic rings. The highest BCUT2D eigenvalue weighted by atomic mass is 79.9. The lowest BCUT2D eigenvalue weighted by molar-refractivity contribution is -0.688. The van der Waals surface area contributed by atoms with Crippen LogP contribution in [0.5, 0.6) is 5.75 Å². The van der Waals surface area contributed by atoms with Gasteiger partial charge in [-0.1, -0.05) is 12.1 Å². The van der Waals surface area contributed by atoms with Crippen LogP contribution in [0.1, 0.15) is 21.5 Å². The van der Waals surface area contributed by atoms with Crippen LogP contribution in [0, 0.1) is 5.82 Å². The highest BCUT2D eigenvalue weighted by Gasteiger charge is 2.11. The molecule has 2 aromatic carbocycles. The van der Waals surface area contributed by atoms with E-state index in [-0.39, 0.29) is 28.7 Å². The zero-order valence-corrected chi connectivity index (χ0v) is 18.7. The van der Waals surface area contributed by atoms with Gasteiger partial charge < -0.3 is 32.0 Å². The molecule has 0 aliphatic carbocycles. The summed E-state index contributed by atoms with van der Waals surface area (Å²) in [5.74, 6) is 0.438. The minimum absolute atomic E-state index is 0. The molecule has 0 saturated carbocycles. The summed E-state index contributed by atoms with van der Waals surface area (Å²) in [6, 6.07) is 16.1. The molecule has 160 valence electrons. The Bertz CT molecular complexity index is 1180. The maximum absolute atomic E-state index is 13.8. The Morgan fingerprint density at radius 1 is 1.10 bits per heavy atom. The van der Waals surface area contributed by atoms with E-state index in [0.29, 0.717) is 30.6 Å². The van der Waals surface area contributed by atoms with Crippen LogP contribution in [0.15, 0.2) is 73.2 Å². The summed E-state index contributed by atoms with van der Waals surface area (Å²) in [5, 5.41) is 4.05. The van der Waals surface area contributed by atoms with Gasteiger partial charge in [-0.3, -0.25) is 4.79 Å². The van der Waals surface area contributed by atoms with E-state index in [4.69, 9.17) is 4.74 Å². The Morgan fingerprint density at radius 3 is 2.61 bits per heavy atom. The second-order valence-electron chi connectivity index (χ2n) is 7.08. The normalized spacial score (nSPS) is 10.5. The van der Waals surface area contributed by atoms with Gasteiger partial charge in [0, 0.05) is 35.8 Å². The number of aromatic nitrogens is 2. The van der Waals surface area contributed by atoms with Crippen LogP contribution in [0.2, 0.25) is 0 Å². The first-order valence-corrected chi connectivity index (χ1v) is 9.79. The third kappa shape index (κ3) is 5.30. The number of ether oxygens (including phenoxy) is 1. The van der Waals surface area contributed by atoms with Crippen molar-refractivity contribution in [2.75, 3.05) is 13.7 Å². The van der Waals surface area contributed by atoms with Crippen LogP contribution >= 0.6 is 0 Å². The van der Waals surface area contributed by atoms with Gasteiger partial charge in [0.1, 0.15) is 11.6 Å². The zero-order valence-electron chi connectivity index (χ0n) is 17.1. The molecule has 0 saturated heterocycles. The largest absolute Gasteiger partial charge is 1.00 e. The topological polar surface area (TPSA) is 58.0 Å². The smallest absolute Gasteiger partial charge is 0.251 e. The lowest BCUT2D eigenvalue weighted by Crippen LogP contribution is -3.00. The van der Waals surface area contributed by atoms with Crippen molar-refractivity contribution in [3.05, 3.63) is 95.7 Å². The van der Waals surface area contributed by atoms with Crippen LogP contribution in [-0.4, -0.2) is 24.5 Å². The summed E-state index contributed by atoms with van der Waals surface area (Å²) in [6.07, 6.45) is 6.24. The van der Waals surface area contributed by atoms with Crippen LogP contribution in [0.4, 0.5) is 4.39 Å². The Labute approximate surface area is 190 Å². The number of methoxy groups -OCH3 is 1. The van der Waals surface area contributed by atoms with Crippen molar-refractivity contribution >= 4 is 16.8 Å². The van der Waals surface area contributed by atoms with E-state index in [2.05, 4.69) is 10.3 Å². The average molecular weight is 484 g/mol. The van der Waals surface area contributed by atoms with E-state index in [1.807, 2.05) is 35.0 Å². The maximum atomic E-state index is 13.8. The van der Waals surface area contributed by atoms with E-state index in [0.717, 1.165) is 22.2 Å². The standard InChI is InChI=1S/C24H22FN3O2.BrH/c1-30-20-6-7-23-21(14-20)18(15-27-23)8-11-26-24(29)17-9-12-28(13-10-17)16-19-4-2-3-5-22(19)25;/h2-7,9-10,12-15,27H,8,11,16H2,1H3;1H. The number of rotatable bonds is 7. The molecular weight excluding hydrogens is 461 g/mol. The number of H-pyrrole nitrogens is 1. The Morgan fingerprint density at radius 2 is 1.87 bits per heavy atom. The molecule has 0 aliphatic heterocycles. The van der Waals surface area contributed by atoms with E-state index in [1.54, 1.807) is 43.8 Å². The quantitative estimate of drug-likeness (QED) is 0.379. The van der Waals surface area contributed by atoms with Crippen molar-refractivity contribution in [2.24, 2.45) is 0 Å². The van der Waals surface area contributed by atoms with Gasteiger partial charge >= 0.3 is 0 Å². The minimum Gasteiger partial charge on any atom is -1.00 e. The van der Waals surface area contributed by atoms with Gasteiger partial charge in [-0.25, -0.2) is 8.96 Å². The fourth-order valence-electron chi connectivity index (χ4n) is 3.44. The highest BCUT2D eigenvalue weighted by Crippen LogP contribution is 2.23. The van der Waals surface area contributed by atoms with E-state index in [9.17, 15) is 9.18 Å². The van der Waals surface area contributed by atoms with Crippen molar-refractivity contribution in [1.29, 1.82) is 0 Å². The maximum Gasteiger partial charge on any atom is 0.251 e. The summed E-state index contributed by atoms with van der Waals surface area (Å²) in [7, 11) is 1.65. The molecule has 31 heavy (non-hydrogen) atoms. The summed E-state index contributed by atoms with van der Waals surface area (Å²) in [6.45, 7) is 0.936. The molecule has 0 bridgehead atoms. The van der Waals surface area contributed by atoms with Crippen molar-refractivity contribution in [3.63, 3.8) is 0 Å². The van der Waals surface area contributed by atoms with Crippen molar-refractivity contribution < 1.29 is 35.5 Å². The fourth-order valence-corrected chi connectivity index (χ4v) is 3.44. The summed E-state index contributed by atoms with van der Waals surface area (Å²) in [5.41, 5.74) is 3.34. The lowest BCUT2D eigenvalue weighted by atomic mass is 10.1. The van der Waals surface area contributed by atoms with Gasteiger partial charge in [-0.2, -0.15) is 0 Å². The number of benzene rings is 2. The van der Waals surface area contributed by atoms with Crippen molar-refractivity contribution in [2.45, 2.75) is 13.0 Å². The number of carbonyl (C=O) groups is 1. The Hall–Kier alpha value is -3.19. The predicted octanol–water partition coefficient (Wildman–Crippen LogP) is 0.628. The fraction of sp³-hybridized carbons (Fsp3) is 0.167. The molecule has 7 heteroatoms. The Kier molecular flexibility index (Phi) is 7.41.